The van der Waals surface area contributed by atoms with Gasteiger partial charge in [-0.25, -0.2) is 0 Å². The molecule has 0 bridgehead atoms. The lowest BCUT2D eigenvalue weighted by molar-refractivity contribution is 0.862. The Labute approximate surface area is 94.9 Å². The summed E-state index contributed by atoms with van der Waals surface area (Å²) in [5.74, 6) is 2.01. The van der Waals surface area contributed by atoms with E-state index in [4.69, 9.17) is 0 Å². The van der Waals surface area contributed by atoms with Crippen LogP contribution in [0.4, 0.5) is 0 Å². The summed E-state index contributed by atoms with van der Waals surface area (Å²) in [6, 6.07) is 6.79. The van der Waals surface area contributed by atoms with E-state index >= 15 is 0 Å². The highest BCUT2D eigenvalue weighted by Crippen LogP contribution is 2.23. The van der Waals surface area contributed by atoms with E-state index in [9.17, 15) is 0 Å². The Balaban J connectivity index is 3.11. The molecule has 0 aliphatic rings. The van der Waals surface area contributed by atoms with Gasteiger partial charge in [0.2, 0.25) is 0 Å². The zero-order valence-corrected chi connectivity index (χ0v) is 10.8. The van der Waals surface area contributed by atoms with Crippen LogP contribution in [0, 0.1) is 9.49 Å². The van der Waals surface area contributed by atoms with E-state index in [1.165, 1.54) is 20.6 Å². The van der Waals surface area contributed by atoms with E-state index in [2.05, 4.69) is 68.5 Å². The summed E-state index contributed by atoms with van der Waals surface area (Å²) in [5, 5.41) is 0. The van der Waals surface area contributed by atoms with Gasteiger partial charge in [-0.15, -0.1) is 0 Å². The standard InChI is InChI=1S/C12H16I/c1-8(2)10-5-11(9(3)4)7-12(13)6-10/h5-8H,1-4H3. The minimum atomic E-state index is 0.618. The fraction of sp³-hybridized carbons (Fsp3) is 0.417. The van der Waals surface area contributed by atoms with E-state index in [0.29, 0.717) is 5.92 Å². The first-order chi connectivity index (χ1) is 6.00. The molecule has 0 spiro atoms. The van der Waals surface area contributed by atoms with Crippen molar-refractivity contribution in [3.8, 4) is 0 Å². The maximum absolute atomic E-state index is 2.38. The normalized spacial score (nSPS) is 11.3. The van der Waals surface area contributed by atoms with Gasteiger partial charge in [-0.1, -0.05) is 33.8 Å². The van der Waals surface area contributed by atoms with Crippen molar-refractivity contribution in [1.82, 2.24) is 0 Å². The quantitative estimate of drug-likeness (QED) is 0.708. The molecule has 0 aromatic heterocycles. The molecular formula is C12H16I. The number of rotatable bonds is 2. The highest BCUT2D eigenvalue weighted by Gasteiger charge is 2.05. The van der Waals surface area contributed by atoms with Crippen LogP contribution in [0.1, 0.15) is 44.7 Å². The smallest absolute Gasteiger partial charge is 0.0136 e. The van der Waals surface area contributed by atoms with Crippen LogP contribution in [0.25, 0.3) is 0 Å². The molecule has 71 valence electrons. The summed E-state index contributed by atoms with van der Waals surface area (Å²) in [4.78, 5) is 0. The summed E-state index contributed by atoms with van der Waals surface area (Å²) in [6.07, 6.45) is 0. The number of hydrogen-bond donors (Lipinski definition) is 0. The Morgan fingerprint density at radius 3 is 2.23 bits per heavy atom. The lowest BCUT2D eigenvalue weighted by atomic mass is 9.96. The summed E-state index contributed by atoms with van der Waals surface area (Å²) in [6.45, 7) is 8.80. The van der Waals surface area contributed by atoms with E-state index in [1.54, 1.807) is 0 Å². The molecule has 0 saturated carbocycles. The Bertz CT molecular complexity index is 261. The molecule has 1 aromatic carbocycles. The van der Waals surface area contributed by atoms with Gasteiger partial charge < -0.3 is 0 Å². The van der Waals surface area contributed by atoms with Crippen LogP contribution in [-0.2, 0) is 0 Å². The first-order valence-corrected chi connectivity index (χ1v) is 5.69. The predicted molar refractivity (Wildman–Crippen MR) is 66.9 cm³/mol. The zero-order chi connectivity index (χ0) is 10.0. The monoisotopic (exact) mass is 287 g/mol. The fourth-order valence-electron chi connectivity index (χ4n) is 1.23. The second-order valence-electron chi connectivity index (χ2n) is 3.93. The second kappa shape index (κ2) is 4.45. The molecule has 0 atom stereocenters. The van der Waals surface area contributed by atoms with Crippen molar-refractivity contribution >= 4 is 22.6 Å². The zero-order valence-electron chi connectivity index (χ0n) is 8.69. The second-order valence-corrected chi connectivity index (χ2v) is 5.17. The third kappa shape index (κ3) is 2.97. The van der Waals surface area contributed by atoms with Crippen molar-refractivity contribution in [2.45, 2.75) is 33.6 Å². The van der Waals surface area contributed by atoms with Crippen molar-refractivity contribution in [1.29, 1.82) is 0 Å². The number of hydrogen-bond acceptors (Lipinski definition) is 0. The molecule has 0 unspecified atom stereocenters. The van der Waals surface area contributed by atoms with Crippen molar-refractivity contribution < 1.29 is 0 Å². The maximum atomic E-state index is 2.38. The van der Waals surface area contributed by atoms with Crippen LogP contribution in [0.5, 0.6) is 0 Å². The highest BCUT2D eigenvalue weighted by molar-refractivity contribution is 14.1. The first-order valence-electron chi connectivity index (χ1n) is 4.61. The molecule has 0 heterocycles. The van der Waals surface area contributed by atoms with Gasteiger partial charge in [-0.2, -0.15) is 0 Å². The van der Waals surface area contributed by atoms with Gasteiger partial charge in [0.05, 0.1) is 0 Å². The molecule has 0 N–H and O–H groups in total. The van der Waals surface area contributed by atoms with Crippen molar-refractivity contribution in [2.24, 2.45) is 0 Å². The average molecular weight is 287 g/mol. The molecule has 1 aromatic rings. The summed E-state index contributed by atoms with van der Waals surface area (Å²) in [7, 11) is 0. The van der Waals surface area contributed by atoms with Crippen molar-refractivity contribution in [2.75, 3.05) is 0 Å². The predicted octanol–water partition coefficient (Wildman–Crippen LogP) is 4.38. The van der Waals surface area contributed by atoms with E-state index in [-0.39, 0.29) is 0 Å². The van der Waals surface area contributed by atoms with Crippen molar-refractivity contribution in [3.05, 3.63) is 38.8 Å². The SMILES string of the molecule is C[C](C)c1cc(I)cc(C(C)C)c1. The highest BCUT2D eigenvalue weighted by atomic mass is 127. The van der Waals surface area contributed by atoms with Crippen LogP contribution in [0.15, 0.2) is 18.2 Å². The summed E-state index contributed by atoms with van der Waals surface area (Å²) in [5.41, 5.74) is 2.80. The van der Waals surface area contributed by atoms with Crippen LogP contribution >= 0.6 is 22.6 Å². The van der Waals surface area contributed by atoms with Gasteiger partial charge in [0.1, 0.15) is 0 Å². The van der Waals surface area contributed by atoms with Crippen molar-refractivity contribution in [3.63, 3.8) is 0 Å². The lowest BCUT2D eigenvalue weighted by Gasteiger charge is -2.11. The molecular weight excluding hydrogens is 271 g/mol. The molecule has 1 heteroatoms. The van der Waals surface area contributed by atoms with Crippen LogP contribution in [0.3, 0.4) is 0 Å². The Morgan fingerprint density at radius 2 is 1.77 bits per heavy atom. The molecule has 0 amide bonds. The maximum Gasteiger partial charge on any atom is 0.0136 e. The van der Waals surface area contributed by atoms with E-state index in [1.807, 2.05) is 0 Å². The number of benzene rings is 1. The van der Waals surface area contributed by atoms with E-state index in [0.717, 1.165) is 0 Å². The first kappa shape index (κ1) is 11.0. The van der Waals surface area contributed by atoms with Gasteiger partial charge in [0, 0.05) is 3.57 Å². The Hall–Kier alpha value is -0.0500. The number of halogens is 1. The largest absolute Gasteiger partial charge is 0.0587 e. The Morgan fingerprint density at radius 1 is 1.15 bits per heavy atom. The van der Waals surface area contributed by atoms with Gasteiger partial charge >= 0.3 is 0 Å². The fourth-order valence-corrected chi connectivity index (χ4v) is 1.93. The average Bonchev–Trinajstić information content (AvgIpc) is 2.03. The van der Waals surface area contributed by atoms with Gasteiger partial charge in [-0.3, -0.25) is 0 Å². The van der Waals surface area contributed by atoms with Crippen LogP contribution in [0.2, 0.25) is 0 Å². The topological polar surface area (TPSA) is 0 Å². The summed E-state index contributed by atoms with van der Waals surface area (Å²) >= 11 is 2.38. The molecule has 0 aliphatic carbocycles. The molecule has 0 saturated heterocycles. The van der Waals surface area contributed by atoms with E-state index < -0.39 is 0 Å². The van der Waals surface area contributed by atoms with Gasteiger partial charge in [0.15, 0.2) is 0 Å². The lowest BCUT2D eigenvalue weighted by Crippen LogP contribution is -1.94. The molecule has 0 aliphatic heterocycles. The minimum Gasteiger partial charge on any atom is -0.0587 e. The molecule has 0 nitrogen and oxygen atoms in total. The molecule has 1 radical (unpaired) electrons. The molecule has 1 rings (SSSR count). The van der Waals surface area contributed by atoms with Crippen LogP contribution in [-0.4, -0.2) is 0 Å². The summed E-state index contributed by atoms with van der Waals surface area (Å²) < 4.78 is 1.33. The third-order valence-corrected chi connectivity index (χ3v) is 2.79. The van der Waals surface area contributed by atoms with Crippen LogP contribution < -0.4 is 0 Å². The third-order valence-electron chi connectivity index (χ3n) is 2.16. The molecule has 13 heavy (non-hydrogen) atoms. The Kier molecular flexibility index (Phi) is 3.77. The van der Waals surface area contributed by atoms with Gasteiger partial charge in [-0.05, 0) is 57.7 Å². The minimum absolute atomic E-state index is 0.618. The molecule has 0 fully saturated rings. The van der Waals surface area contributed by atoms with Gasteiger partial charge in [0.25, 0.3) is 0 Å².